The SMILES string of the molecule is CCCCOCCCNC(=O)C(C)Oc1cccc(OC)c1. The summed E-state index contributed by atoms with van der Waals surface area (Å²) in [5.41, 5.74) is 0. The van der Waals surface area contributed by atoms with Crippen LogP contribution in [0, 0.1) is 0 Å². The van der Waals surface area contributed by atoms with Crippen molar-refractivity contribution in [1.82, 2.24) is 5.32 Å². The highest BCUT2D eigenvalue weighted by atomic mass is 16.5. The van der Waals surface area contributed by atoms with Crippen molar-refractivity contribution in [3.63, 3.8) is 0 Å². The first-order valence-electron chi connectivity index (χ1n) is 7.83. The van der Waals surface area contributed by atoms with Gasteiger partial charge in [-0.25, -0.2) is 0 Å². The molecule has 0 heterocycles. The molecule has 1 N–H and O–H groups in total. The van der Waals surface area contributed by atoms with Crippen LogP contribution >= 0.6 is 0 Å². The van der Waals surface area contributed by atoms with Gasteiger partial charge in [0.2, 0.25) is 0 Å². The lowest BCUT2D eigenvalue weighted by molar-refractivity contribution is -0.127. The number of hydrogen-bond donors (Lipinski definition) is 1. The van der Waals surface area contributed by atoms with Crippen LogP contribution in [0.2, 0.25) is 0 Å². The van der Waals surface area contributed by atoms with Crippen molar-refractivity contribution in [1.29, 1.82) is 0 Å². The predicted molar refractivity (Wildman–Crippen MR) is 86.4 cm³/mol. The van der Waals surface area contributed by atoms with Crippen LogP contribution in [0.4, 0.5) is 0 Å². The fourth-order valence-corrected chi connectivity index (χ4v) is 1.81. The van der Waals surface area contributed by atoms with Gasteiger partial charge in [0.1, 0.15) is 11.5 Å². The van der Waals surface area contributed by atoms with Crippen LogP contribution < -0.4 is 14.8 Å². The molecule has 0 aliphatic carbocycles. The van der Waals surface area contributed by atoms with E-state index in [2.05, 4.69) is 12.2 Å². The second-order valence-electron chi connectivity index (χ2n) is 5.05. The van der Waals surface area contributed by atoms with Crippen LogP contribution in [0.25, 0.3) is 0 Å². The Balaban J connectivity index is 2.21. The van der Waals surface area contributed by atoms with E-state index >= 15 is 0 Å². The van der Waals surface area contributed by atoms with Gasteiger partial charge < -0.3 is 19.5 Å². The first kappa shape index (κ1) is 18.3. The molecule has 0 aromatic heterocycles. The maximum Gasteiger partial charge on any atom is 0.260 e. The van der Waals surface area contributed by atoms with E-state index in [1.54, 1.807) is 26.2 Å². The highest BCUT2D eigenvalue weighted by Crippen LogP contribution is 2.19. The molecule has 0 aliphatic heterocycles. The van der Waals surface area contributed by atoms with Gasteiger partial charge in [0, 0.05) is 25.8 Å². The van der Waals surface area contributed by atoms with Gasteiger partial charge in [0.15, 0.2) is 6.10 Å². The Morgan fingerprint density at radius 2 is 1.95 bits per heavy atom. The van der Waals surface area contributed by atoms with Crippen LogP contribution in [0.15, 0.2) is 24.3 Å². The molecule has 1 atom stereocenters. The number of carbonyl (C=O) groups excluding carboxylic acids is 1. The minimum absolute atomic E-state index is 0.128. The second kappa shape index (κ2) is 10.9. The molecule has 0 radical (unpaired) electrons. The highest BCUT2D eigenvalue weighted by molar-refractivity contribution is 5.80. The van der Waals surface area contributed by atoms with Crippen molar-refractivity contribution in [3.05, 3.63) is 24.3 Å². The van der Waals surface area contributed by atoms with Crippen LogP contribution in [-0.4, -0.2) is 38.9 Å². The lowest BCUT2D eigenvalue weighted by Crippen LogP contribution is -2.37. The molecule has 1 aromatic rings. The van der Waals surface area contributed by atoms with E-state index in [4.69, 9.17) is 14.2 Å². The van der Waals surface area contributed by atoms with Crippen molar-refractivity contribution in [2.45, 2.75) is 39.2 Å². The van der Waals surface area contributed by atoms with Gasteiger partial charge >= 0.3 is 0 Å². The number of unbranched alkanes of at least 4 members (excludes halogenated alkanes) is 1. The number of amides is 1. The third-order valence-electron chi connectivity index (χ3n) is 3.13. The number of methoxy groups -OCH3 is 1. The number of ether oxygens (including phenoxy) is 3. The molecule has 0 spiro atoms. The van der Waals surface area contributed by atoms with E-state index in [1.165, 1.54) is 0 Å². The quantitative estimate of drug-likeness (QED) is 0.639. The lowest BCUT2D eigenvalue weighted by atomic mass is 10.3. The number of hydrogen-bond acceptors (Lipinski definition) is 4. The van der Waals surface area contributed by atoms with E-state index in [0.717, 1.165) is 25.9 Å². The summed E-state index contributed by atoms with van der Waals surface area (Å²) in [5, 5.41) is 2.85. The van der Waals surface area contributed by atoms with Gasteiger partial charge in [-0.3, -0.25) is 4.79 Å². The molecule has 0 fully saturated rings. The standard InChI is InChI=1S/C17H27NO4/c1-4-5-11-21-12-7-10-18-17(19)14(2)22-16-9-6-8-15(13-16)20-3/h6,8-9,13-14H,4-5,7,10-12H2,1-3H3,(H,18,19). The summed E-state index contributed by atoms with van der Waals surface area (Å²) in [7, 11) is 1.60. The fourth-order valence-electron chi connectivity index (χ4n) is 1.81. The fraction of sp³-hybridized carbons (Fsp3) is 0.588. The Morgan fingerprint density at radius 1 is 1.23 bits per heavy atom. The lowest BCUT2D eigenvalue weighted by Gasteiger charge is -2.15. The molecule has 1 unspecified atom stereocenters. The number of nitrogens with one attached hydrogen (secondary N) is 1. The normalized spacial score (nSPS) is 11.8. The van der Waals surface area contributed by atoms with Gasteiger partial charge in [-0.15, -0.1) is 0 Å². The molecular weight excluding hydrogens is 282 g/mol. The molecule has 5 nitrogen and oxygen atoms in total. The molecular formula is C17H27NO4. The molecule has 1 aromatic carbocycles. The zero-order valence-electron chi connectivity index (χ0n) is 13.8. The molecule has 5 heteroatoms. The summed E-state index contributed by atoms with van der Waals surface area (Å²) >= 11 is 0. The van der Waals surface area contributed by atoms with Crippen molar-refractivity contribution < 1.29 is 19.0 Å². The summed E-state index contributed by atoms with van der Waals surface area (Å²) in [5.74, 6) is 1.19. The summed E-state index contributed by atoms with van der Waals surface area (Å²) in [4.78, 5) is 11.9. The number of rotatable bonds is 11. The van der Waals surface area contributed by atoms with E-state index < -0.39 is 6.10 Å². The third-order valence-corrected chi connectivity index (χ3v) is 3.13. The average Bonchev–Trinajstić information content (AvgIpc) is 2.54. The smallest absolute Gasteiger partial charge is 0.260 e. The molecule has 0 bridgehead atoms. The average molecular weight is 309 g/mol. The van der Waals surface area contributed by atoms with Gasteiger partial charge in [-0.1, -0.05) is 19.4 Å². The predicted octanol–water partition coefficient (Wildman–Crippen LogP) is 2.79. The molecule has 0 aliphatic rings. The maximum absolute atomic E-state index is 11.9. The minimum atomic E-state index is -0.548. The molecule has 1 amide bonds. The largest absolute Gasteiger partial charge is 0.497 e. The summed E-state index contributed by atoms with van der Waals surface area (Å²) < 4.78 is 16.2. The summed E-state index contributed by atoms with van der Waals surface area (Å²) in [6.45, 7) is 5.92. The Labute approximate surface area is 132 Å². The van der Waals surface area contributed by atoms with Crippen LogP contribution in [0.1, 0.15) is 33.1 Å². The van der Waals surface area contributed by atoms with E-state index in [0.29, 0.717) is 24.7 Å². The Morgan fingerprint density at radius 3 is 2.68 bits per heavy atom. The molecule has 22 heavy (non-hydrogen) atoms. The van der Waals surface area contributed by atoms with Crippen molar-refractivity contribution in [2.24, 2.45) is 0 Å². The zero-order chi connectivity index (χ0) is 16.2. The molecule has 0 saturated heterocycles. The number of carbonyl (C=O) groups is 1. The first-order valence-corrected chi connectivity index (χ1v) is 7.83. The van der Waals surface area contributed by atoms with Gasteiger partial charge in [-0.2, -0.15) is 0 Å². The highest BCUT2D eigenvalue weighted by Gasteiger charge is 2.14. The van der Waals surface area contributed by atoms with Crippen LogP contribution in [-0.2, 0) is 9.53 Å². The van der Waals surface area contributed by atoms with Gasteiger partial charge in [0.05, 0.1) is 7.11 Å². The third kappa shape index (κ3) is 7.31. The van der Waals surface area contributed by atoms with E-state index in [9.17, 15) is 4.79 Å². The van der Waals surface area contributed by atoms with E-state index in [-0.39, 0.29) is 5.91 Å². The summed E-state index contributed by atoms with van der Waals surface area (Å²) in [6, 6.07) is 7.21. The Kier molecular flexibility index (Phi) is 9.07. The topological polar surface area (TPSA) is 56.8 Å². The number of benzene rings is 1. The molecule has 124 valence electrons. The van der Waals surface area contributed by atoms with Gasteiger partial charge in [-0.05, 0) is 31.9 Å². The van der Waals surface area contributed by atoms with Crippen molar-refractivity contribution >= 4 is 5.91 Å². The molecule has 0 saturated carbocycles. The maximum atomic E-state index is 11.9. The van der Waals surface area contributed by atoms with Gasteiger partial charge in [0.25, 0.3) is 5.91 Å². The second-order valence-corrected chi connectivity index (χ2v) is 5.05. The van der Waals surface area contributed by atoms with Crippen LogP contribution in [0.3, 0.4) is 0 Å². The monoisotopic (exact) mass is 309 g/mol. The minimum Gasteiger partial charge on any atom is -0.497 e. The zero-order valence-corrected chi connectivity index (χ0v) is 13.8. The van der Waals surface area contributed by atoms with Crippen molar-refractivity contribution in [3.8, 4) is 11.5 Å². The molecule has 1 rings (SSSR count). The first-order chi connectivity index (χ1) is 10.7. The Hall–Kier alpha value is -1.75. The van der Waals surface area contributed by atoms with Crippen molar-refractivity contribution in [2.75, 3.05) is 26.9 Å². The Bertz CT molecular complexity index is 436. The van der Waals surface area contributed by atoms with Crippen LogP contribution in [0.5, 0.6) is 11.5 Å². The van der Waals surface area contributed by atoms with E-state index in [1.807, 2.05) is 12.1 Å². The summed E-state index contributed by atoms with van der Waals surface area (Å²) in [6.07, 6.45) is 2.47.